The Morgan fingerprint density at radius 3 is 2.58 bits per heavy atom. The standard InChI is InChI=1S/C14H11N3O2/c18-11-7-6-10-14(17-11)13(15-8-12(19)16-10)9-4-2-1-3-5-9/h1-7H,8H2,(H,16,19)(H,17,18). The summed E-state index contributed by atoms with van der Waals surface area (Å²) < 4.78 is 0. The van der Waals surface area contributed by atoms with E-state index in [1.54, 1.807) is 6.07 Å². The second kappa shape index (κ2) is 4.53. The van der Waals surface area contributed by atoms with Crippen molar-refractivity contribution < 1.29 is 4.79 Å². The Bertz CT molecular complexity index is 717. The summed E-state index contributed by atoms with van der Waals surface area (Å²) in [5, 5.41) is 2.73. The summed E-state index contributed by atoms with van der Waals surface area (Å²) in [6.07, 6.45) is 0. The molecule has 0 saturated heterocycles. The number of aromatic amines is 1. The van der Waals surface area contributed by atoms with Crippen molar-refractivity contribution in [2.75, 3.05) is 11.9 Å². The fraction of sp³-hybridized carbons (Fsp3) is 0.0714. The fourth-order valence-corrected chi connectivity index (χ4v) is 2.02. The molecule has 5 heteroatoms. The van der Waals surface area contributed by atoms with Gasteiger partial charge in [0.15, 0.2) is 0 Å². The van der Waals surface area contributed by atoms with Gasteiger partial charge in [0, 0.05) is 11.6 Å². The van der Waals surface area contributed by atoms with E-state index >= 15 is 0 Å². The summed E-state index contributed by atoms with van der Waals surface area (Å²) >= 11 is 0. The van der Waals surface area contributed by atoms with Crippen LogP contribution in [0, 0.1) is 0 Å². The number of pyridine rings is 1. The van der Waals surface area contributed by atoms with Crippen molar-refractivity contribution in [2.45, 2.75) is 0 Å². The molecule has 3 rings (SSSR count). The second-order valence-electron chi connectivity index (χ2n) is 4.19. The van der Waals surface area contributed by atoms with E-state index in [1.807, 2.05) is 30.3 Å². The molecule has 0 aliphatic carbocycles. The average molecular weight is 253 g/mol. The van der Waals surface area contributed by atoms with Crippen LogP contribution in [0.5, 0.6) is 0 Å². The summed E-state index contributed by atoms with van der Waals surface area (Å²) in [5.74, 6) is -0.195. The number of nitrogens with zero attached hydrogens (tertiary/aromatic N) is 1. The van der Waals surface area contributed by atoms with E-state index in [9.17, 15) is 9.59 Å². The minimum Gasteiger partial charge on any atom is -0.323 e. The second-order valence-corrected chi connectivity index (χ2v) is 4.19. The molecule has 1 aromatic heterocycles. The lowest BCUT2D eigenvalue weighted by Crippen LogP contribution is -2.17. The Kier molecular flexibility index (Phi) is 2.72. The molecule has 0 saturated carbocycles. The molecule has 2 aromatic rings. The summed E-state index contributed by atoms with van der Waals surface area (Å²) in [6, 6.07) is 12.4. The number of H-pyrrole nitrogens is 1. The first-order valence-electron chi connectivity index (χ1n) is 5.87. The maximum atomic E-state index is 11.6. The number of hydrogen-bond donors (Lipinski definition) is 2. The molecule has 1 aromatic carbocycles. The van der Waals surface area contributed by atoms with Crippen LogP contribution >= 0.6 is 0 Å². The first kappa shape index (κ1) is 11.4. The number of carbonyl (C=O) groups excluding carboxylic acids is 1. The highest BCUT2D eigenvalue weighted by Crippen LogP contribution is 2.18. The third kappa shape index (κ3) is 2.18. The van der Waals surface area contributed by atoms with Crippen LogP contribution in [-0.2, 0) is 4.79 Å². The first-order chi connectivity index (χ1) is 9.24. The highest BCUT2D eigenvalue weighted by atomic mass is 16.2. The minimum absolute atomic E-state index is 0.0426. The van der Waals surface area contributed by atoms with Crippen LogP contribution in [0.25, 0.3) is 0 Å². The Balaban J connectivity index is 2.22. The molecule has 2 N–H and O–H groups in total. The molecule has 94 valence electrons. The van der Waals surface area contributed by atoms with E-state index in [2.05, 4.69) is 15.3 Å². The predicted molar refractivity (Wildman–Crippen MR) is 72.6 cm³/mol. The number of anilines is 1. The van der Waals surface area contributed by atoms with Crippen molar-refractivity contribution in [3.05, 3.63) is 64.1 Å². The Labute approximate surface area is 109 Å². The normalized spacial score (nSPS) is 14.1. The zero-order valence-electron chi connectivity index (χ0n) is 10.0. The van der Waals surface area contributed by atoms with Gasteiger partial charge in [0.25, 0.3) is 0 Å². The molecule has 19 heavy (non-hydrogen) atoms. The van der Waals surface area contributed by atoms with Crippen LogP contribution < -0.4 is 10.9 Å². The molecule has 0 unspecified atom stereocenters. The van der Waals surface area contributed by atoms with Gasteiger partial charge < -0.3 is 10.3 Å². The minimum atomic E-state index is -0.224. The van der Waals surface area contributed by atoms with E-state index < -0.39 is 0 Å². The van der Waals surface area contributed by atoms with Crippen LogP contribution in [0.2, 0.25) is 0 Å². The molecule has 1 aliphatic heterocycles. The molecule has 2 heterocycles. The van der Waals surface area contributed by atoms with Gasteiger partial charge in [-0.3, -0.25) is 14.6 Å². The number of rotatable bonds is 1. The van der Waals surface area contributed by atoms with Crippen molar-refractivity contribution in [3.8, 4) is 0 Å². The number of hydrogen-bond acceptors (Lipinski definition) is 3. The van der Waals surface area contributed by atoms with Crippen molar-refractivity contribution in [3.63, 3.8) is 0 Å². The van der Waals surface area contributed by atoms with E-state index in [4.69, 9.17) is 0 Å². The van der Waals surface area contributed by atoms with Crippen molar-refractivity contribution in [2.24, 2.45) is 4.99 Å². The molecule has 0 bridgehead atoms. The smallest absolute Gasteiger partial charge is 0.248 e. The number of benzene rings is 1. The average Bonchev–Trinajstić information content (AvgIpc) is 2.58. The summed E-state index contributed by atoms with van der Waals surface area (Å²) in [6.45, 7) is 0.0426. The molecule has 0 spiro atoms. The topological polar surface area (TPSA) is 74.3 Å². The van der Waals surface area contributed by atoms with Crippen LogP contribution in [-0.4, -0.2) is 23.1 Å². The maximum Gasteiger partial charge on any atom is 0.248 e. The molecular formula is C14H11N3O2. The van der Waals surface area contributed by atoms with Gasteiger partial charge in [0.05, 0.1) is 17.1 Å². The quantitative estimate of drug-likeness (QED) is 0.800. The third-order valence-electron chi connectivity index (χ3n) is 2.86. The fourth-order valence-electron chi connectivity index (χ4n) is 2.02. The molecular weight excluding hydrogens is 242 g/mol. The van der Waals surface area contributed by atoms with Gasteiger partial charge in [0.2, 0.25) is 11.5 Å². The van der Waals surface area contributed by atoms with Gasteiger partial charge in [-0.25, -0.2) is 0 Å². The maximum absolute atomic E-state index is 11.6. The zero-order valence-corrected chi connectivity index (χ0v) is 10.0. The summed E-state index contributed by atoms with van der Waals surface area (Å²) in [5.41, 5.74) is 2.38. The number of carbonyl (C=O) groups is 1. The van der Waals surface area contributed by atoms with Crippen LogP contribution in [0.15, 0.2) is 52.3 Å². The SMILES string of the molecule is O=C1CN=C(c2ccccc2)c2[nH]c(=O)ccc2N1. The van der Waals surface area contributed by atoms with Gasteiger partial charge in [-0.2, -0.15) is 0 Å². The molecule has 0 radical (unpaired) electrons. The lowest BCUT2D eigenvalue weighted by molar-refractivity contribution is -0.114. The number of nitrogens with one attached hydrogen (secondary N) is 2. The molecule has 0 fully saturated rings. The van der Waals surface area contributed by atoms with E-state index in [0.29, 0.717) is 17.1 Å². The zero-order chi connectivity index (χ0) is 13.2. The highest BCUT2D eigenvalue weighted by Gasteiger charge is 2.18. The highest BCUT2D eigenvalue weighted by molar-refractivity contribution is 6.17. The lowest BCUT2D eigenvalue weighted by atomic mass is 10.1. The first-order valence-corrected chi connectivity index (χ1v) is 5.87. The van der Waals surface area contributed by atoms with Gasteiger partial charge >= 0.3 is 0 Å². The number of aromatic nitrogens is 1. The monoisotopic (exact) mass is 253 g/mol. The van der Waals surface area contributed by atoms with Gasteiger partial charge in [0.1, 0.15) is 6.54 Å². The van der Waals surface area contributed by atoms with Gasteiger partial charge in [-0.15, -0.1) is 0 Å². The molecule has 1 aliphatic rings. The summed E-state index contributed by atoms with van der Waals surface area (Å²) in [4.78, 5) is 30.1. The van der Waals surface area contributed by atoms with Crippen LogP contribution in [0.1, 0.15) is 11.3 Å². The van der Waals surface area contributed by atoms with E-state index in [0.717, 1.165) is 5.56 Å². The van der Waals surface area contributed by atoms with E-state index in [-0.39, 0.29) is 18.0 Å². The molecule has 5 nitrogen and oxygen atoms in total. The Morgan fingerprint density at radius 2 is 1.79 bits per heavy atom. The number of fused-ring (bicyclic) bond motifs is 1. The van der Waals surface area contributed by atoms with E-state index in [1.165, 1.54) is 6.07 Å². The summed E-state index contributed by atoms with van der Waals surface area (Å²) in [7, 11) is 0. The van der Waals surface area contributed by atoms with Crippen LogP contribution in [0.3, 0.4) is 0 Å². The van der Waals surface area contributed by atoms with Crippen LogP contribution in [0.4, 0.5) is 5.69 Å². The number of aliphatic imine (C=N–C) groups is 1. The predicted octanol–water partition coefficient (Wildman–Crippen LogP) is 1.16. The number of amides is 1. The molecule has 1 amide bonds. The van der Waals surface area contributed by atoms with Gasteiger partial charge in [-0.1, -0.05) is 30.3 Å². The van der Waals surface area contributed by atoms with Crippen molar-refractivity contribution in [1.82, 2.24) is 4.98 Å². The third-order valence-corrected chi connectivity index (χ3v) is 2.86. The van der Waals surface area contributed by atoms with Crippen molar-refractivity contribution in [1.29, 1.82) is 0 Å². The largest absolute Gasteiger partial charge is 0.323 e. The van der Waals surface area contributed by atoms with Crippen molar-refractivity contribution >= 4 is 17.3 Å². The molecule has 0 atom stereocenters. The Morgan fingerprint density at radius 1 is 1.00 bits per heavy atom. The Hall–Kier alpha value is -2.69. The van der Waals surface area contributed by atoms with Gasteiger partial charge in [-0.05, 0) is 6.07 Å². The lowest BCUT2D eigenvalue weighted by Gasteiger charge is -2.08.